The summed E-state index contributed by atoms with van der Waals surface area (Å²) in [6.45, 7) is 6.03. The van der Waals surface area contributed by atoms with Gasteiger partial charge in [-0.25, -0.2) is 4.79 Å². The zero-order chi connectivity index (χ0) is 16.4. The van der Waals surface area contributed by atoms with Gasteiger partial charge in [0.15, 0.2) is 5.96 Å². The SMILES string of the molecule is CN=C(NCCCC(C)C)NCc1ccc(C(=O)OC)cc1. The fraction of sp³-hybridized carbons (Fsp3) is 0.529. The first kappa shape index (κ1) is 18.0. The van der Waals surface area contributed by atoms with Crippen molar-refractivity contribution in [2.45, 2.75) is 33.2 Å². The highest BCUT2D eigenvalue weighted by Gasteiger charge is 2.04. The van der Waals surface area contributed by atoms with Crippen LogP contribution in [0.2, 0.25) is 0 Å². The molecule has 5 heteroatoms. The number of carbonyl (C=O) groups excluding carboxylic acids is 1. The Hall–Kier alpha value is -2.04. The second-order valence-electron chi connectivity index (χ2n) is 5.58. The number of benzene rings is 1. The zero-order valence-corrected chi connectivity index (χ0v) is 14.0. The Morgan fingerprint density at radius 1 is 1.23 bits per heavy atom. The highest BCUT2D eigenvalue weighted by Crippen LogP contribution is 2.05. The molecule has 0 amide bonds. The summed E-state index contributed by atoms with van der Waals surface area (Å²) in [4.78, 5) is 15.6. The molecule has 0 radical (unpaired) electrons. The molecule has 5 nitrogen and oxygen atoms in total. The van der Waals surface area contributed by atoms with E-state index in [2.05, 4.69) is 34.2 Å². The van der Waals surface area contributed by atoms with Crippen LogP contribution in [0.25, 0.3) is 0 Å². The van der Waals surface area contributed by atoms with Crippen molar-refractivity contribution in [1.82, 2.24) is 10.6 Å². The van der Waals surface area contributed by atoms with Crippen LogP contribution in [-0.4, -0.2) is 32.6 Å². The molecule has 1 aromatic carbocycles. The number of nitrogens with zero attached hydrogens (tertiary/aromatic N) is 1. The number of nitrogens with one attached hydrogen (secondary N) is 2. The van der Waals surface area contributed by atoms with Gasteiger partial charge >= 0.3 is 5.97 Å². The van der Waals surface area contributed by atoms with E-state index in [1.54, 1.807) is 19.2 Å². The standard InChI is InChI=1S/C17H27N3O2/c1-13(2)6-5-11-19-17(18-3)20-12-14-7-9-15(10-8-14)16(21)22-4/h7-10,13H,5-6,11-12H2,1-4H3,(H2,18,19,20). The number of aliphatic imine (C=N–C) groups is 1. The van der Waals surface area contributed by atoms with E-state index < -0.39 is 0 Å². The van der Waals surface area contributed by atoms with Crippen LogP contribution in [0.5, 0.6) is 0 Å². The van der Waals surface area contributed by atoms with Gasteiger partial charge in [0.05, 0.1) is 12.7 Å². The average Bonchev–Trinajstić information content (AvgIpc) is 2.53. The molecule has 0 aromatic heterocycles. The number of rotatable bonds is 7. The smallest absolute Gasteiger partial charge is 0.337 e. The molecule has 122 valence electrons. The largest absolute Gasteiger partial charge is 0.465 e. The topological polar surface area (TPSA) is 62.7 Å². The summed E-state index contributed by atoms with van der Waals surface area (Å²) >= 11 is 0. The van der Waals surface area contributed by atoms with Crippen LogP contribution in [0.15, 0.2) is 29.3 Å². The molecule has 0 unspecified atom stereocenters. The molecule has 1 rings (SSSR count). The van der Waals surface area contributed by atoms with E-state index in [0.717, 1.165) is 30.4 Å². The average molecular weight is 305 g/mol. The van der Waals surface area contributed by atoms with Gasteiger partial charge in [0.25, 0.3) is 0 Å². The minimum Gasteiger partial charge on any atom is -0.465 e. The first-order valence-corrected chi connectivity index (χ1v) is 7.68. The van der Waals surface area contributed by atoms with Gasteiger partial charge < -0.3 is 15.4 Å². The number of hydrogen-bond acceptors (Lipinski definition) is 3. The van der Waals surface area contributed by atoms with Crippen molar-refractivity contribution in [3.05, 3.63) is 35.4 Å². The maximum atomic E-state index is 11.4. The lowest BCUT2D eigenvalue weighted by Crippen LogP contribution is -2.37. The van der Waals surface area contributed by atoms with Crippen molar-refractivity contribution in [1.29, 1.82) is 0 Å². The molecule has 0 saturated carbocycles. The van der Waals surface area contributed by atoms with Crippen LogP contribution in [0.1, 0.15) is 42.6 Å². The molecular weight excluding hydrogens is 278 g/mol. The van der Waals surface area contributed by atoms with E-state index in [1.165, 1.54) is 13.5 Å². The van der Waals surface area contributed by atoms with Crippen molar-refractivity contribution in [2.24, 2.45) is 10.9 Å². The molecule has 0 bridgehead atoms. The molecule has 0 heterocycles. The summed E-state index contributed by atoms with van der Waals surface area (Å²) in [7, 11) is 3.14. The van der Waals surface area contributed by atoms with Crippen LogP contribution in [0.3, 0.4) is 0 Å². The van der Waals surface area contributed by atoms with E-state index in [9.17, 15) is 4.79 Å². The van der Waals surface area contributed by atoms with E-state index in [1.807, 2.05) is 12.1 Å². The molecule has 1 aromatic rings. The number of hydrogen-bond donors (Lipinski definition) is 2. The van der Waals surface area contributed by atoms with E-state index in [-0.39, 0.29) is 5.97 Å². The summed E-state index contributed by atoms with van der Waals surface area (Å²) in [6.07, 6.45) is 2.34. The Bertz CT molecular complexity index is 481. The Labute approximate surface area is 133 Å². The van der Waals surface area contributed by atoms with Gasteiger partial charge in [0, 0.05) is 20.1 Å². The van der Waals surface area contributed by atoms with Gasteiger partial charge in [-0.1, -0.05) is 26.0 Å². The highest BCUT2D eigenvalue weighted by atomic mass is 16.5. The number of methoxy groups -OCH3 is 1. The fourth-order valence-electron chi connectivity index (χ4n) is 2.00. The number of carbonyl (C=O) groups is 1. The third kappa shape index (κ3) is 6.61. The molecule has 0 aliphatic rings. The predicted molar refractivity (Wildman–Crippen MR) is 90.1 cm³/mol. The quantitative estimate of drug-likeness (QED) is 0.352. The Morgan fingerprint density at radius 3 is 2.45 bits per heavy atom. The van der Waals surface area contributed by atoms with Gasteiger partial charge in [-0.2, -0.15) is 0 Å². The van der Waals surface area contributed by atoms with Gasteiger partial charge in [-0.3, -0.25) is 4.99 Å². The van der Waals surface area contributed by atoms with Crippen LogP contribution in [-0.2, 0) is 11.3 Å². The molecular formula is C17H27N3O2. The third-order valence-electron chi connectivity index (χ3n) is 3.31. The van der Waals surface area contributed by atoms with Crippen LogP contribution < -0.4 is 10.6 Å². The van der Waals surface area contributed by atoms with Crippen molar-refractivity contribution in [3.8, 4) is 0 Å². The maximum absolute atomic E-state index is 11.4. The molecule has 0 aliphatic carbocycles. The molecule has 2 N–H and O–H groups in total. The number of guanidine groups is 1. The fourth-order valence-corrected chi connectivity index (χ4v) is 2.00. The molecule has 0 spiro atoms. The minimum atomic E-state index is -0.317. The predicted octanol–water partition coefficient (Wildman–Crippen LogP) is 2.57. The van der Waals surface area contributed by atoms with Crippen LogP contribution in [0, 0.1) is 5.92 Å². The second kappa shape index (κ2) is 9.82. The maximum Gasteiger partial charge on any atom is 0.337 e. The lowest BCUT2D eigenvalue weighted by Gasteiger charge is -2.12. The molecule has 22 heavy (non-hydrogen) atoms. The minimum absolute atomic E-state index is 0.317. The summed E-state index contributed by atoms with van der Waals surface area (Å²) < 4.78 is 4.68. The van der Waals surface area contributed by atoms with Crippen LogP contribution in [0.4, 0.5) is 0 Å². The van der Waals surface area contributed by atoms with Crippen molar-refractivity contribution in [3.63, 3.8) is 0 Å². The lowest BCUT2D eigenvalue weighted by atomic mass is 10.1. The summed E-state index contributed by atoms with van der Waals surface area (Å²) in [5.41, 5.74) is 1.64. The highest BCUT2D eigenvalue weighted by molar-refractivity contribution is 5.89. The molecule has 0 fully saturated rings. The first-order chi connectivity index (χ1) is 10.6. The van der Waals surface area contributed by atoms with E-state index in [4.69, 9.17) is 0 Å². The summed E-state index contributed by atoms with van der Waals surface area (Å²) in [5.74, 6) is 1.20. The zero-order valence-electron chi connectivity index (χ0n) is 14.0. The van der Waals surface area contributed by atoms with Crippen LogP contribution >= 0.6 is 0 Å². The second-order valence-corrected chi connectivity index (χ2v) is 5.58. The summed E-state index contributed by atoms with van der Waals surface area (Å²) in [5, 5.41) is 6.56. The van der Waals surface area contributed by atoms with E-state index in [0.29, 0.717) is 12.1 Å². The lowest BCUT2D eigenvalue weighted by molar-refractivity contribution is 0.0600. The van der Waals surface area contributed by atoms with Gasteiger partial charge in [-0.05, 0) is 36.5 Å². The first-order valence-electron chi connectivity index (χ1n) is 7.68. The Balaban J connectivity index is 2.38. The van der Waals surface area contributed by atoms with Gasteiger partial charge in [0.1, 0.15) is 0 Å². The molecule has 0 atom stereocenters. The van der Waals surface area contributed by atoms with Crippen molar-refractivity contribution < 1.29 is 9.53 Å². The van der Waals surface area contributed by atoms with Gasteiger partial charge in [0.2, 0.25) is 0 Å². The van der Waals surface area contributed by atoms with Gasteiger partial charge in [-0.15, -0.1) is 0 Å². The third-order valence-corrected chi connectivity index (χ3v) is 3.31. The van der Waals surface area contributed by atoms with Crippen molar-refractivity contribution >= 4 is 11.9 Å². The van der Waals surface area contributed by atoms with Crippen molar-refractivity contribution in [2.75, 3.05) is 20.7 Å². The monoisotopic (exact) mass is 305 g/mol. The molecule has 0 aliphatic heterocycles. The van der Waals surface area contributed by atoms with E-state index >= 15 is 0 Å². The Morgan fingerprint density at radius 2 is 1.91 bits per heavy atom. The number of esters is 1. The molecule has 0 saturated heterocycles. The normalized spacial score (nSPS) is 11.4. The Kier molecular flexibility index (Phi) is 8.04. The number of ether oxygens (including phenoxy) is 1. The summed E-state index contributed by atoms with van der Waals surface area (Å²) in [6, 6.07) is 7.35.